The lowest BCUT2D eigenvalue weighted by atomic mass is 10.4. The van der Waals surface area contributed by atoms with E-state index in [2.05, 4.69) is 10.0 Å². The number of rotatable bonds is 3. The van der Waals surface area contributed by atoms with Gasteiger partial charge in [0.1, 0.15) is 0 Å². The van der Waals surface area contributed by atoms with E-state index in [4.69, 9.17) is 0 Å². The van der Waals surface area contributed by atoms with Gasteiger partial charge in [0, 0.05) is 19.1 Å². The number of carbonyl (C=O) groups is 1. The molecule has 0 radical (unpaired) electrons. The maximum atomic E-state index is 11.6. The normalized spacial score (nSPS) is 24.7. The Kier molecular flexibility index (Phi) is 2.46. The molecule has 14 heavy (non-hydrogen) atoms. The Hall–Kier alpha value is -0.660. The van der Waals surface area contributed by atoms with Gasteiger partial charge >= 0.3 is 0 Å². The summed E-state index contributed by atoms with van der Waals surface area (Å²) in [5, 5.41) is 2.58. The monoisotopic (exact) mass is 219 g/mol. The standard InChI is InChI=1S/C7H13N3O3S/c11-7-5-10(4-3-8-7)14(12,13)9-6-1-2-6/h6,9H,1-5H2,(H,8,11). The van der Waals surface area contributed by atoms with Gasteiger partial charge in [0.15, 0.2) is 0 Å². The predicted molar refractivity (Wildman–Crippen MR) is 49.7 cm³/mol. The van der Waals surface area contributed by atoms with Crippen LogP contribution in [0.1, 0.15) is 12.8 Å². The van der Waals surface area contributed by atoms with Gasteiger partial charge in [0.25, 0.3) is 10.2 Å². The zero-order valence-corrected chi connectivity index (χ0v) is 8.51. The second kappa shape index (κ2) is 3.48. The van der Waals surface area contributed by atoms with Crippen LogP contribution in [0.25, 0.3) is 0 Å². The lowest BCUT2D eigenvalue weighted by Crippen LogP contribution is -2.53. The van der Waals surface area contributed by atoms with Crippen molar-refractivity contribution < 1.29 is 13.2 Å². The Morgan fingerprint density at radius 3 is 2.71 bits per heavy atom. The van der Waals surface area contributed by atoms with Gasteiger partial charge in [-0.25, -0.2) is 0 Å². The molecule has 0 bridgehead atoms. The largest absolute Gasteiger partial charge is 0.354 e. The number of hydrogen-bond acceptors (Lipinski definition) is 3. The van der Waals surface area contributed by atoms with E-state index in [1.807, 2.05) is 0 Å². The summed E-state index contributed by atoms with van der Waals surface area (Å²) in [5.41, 5.74) is 0. The van der Waals surface area contributed by atoms with Crippen molar-refractivity contribution in [3.05, 3.63) is 0 Å². The first kappa shape index (κ1) is 9.88. The summed E-state index contributed by atoms with van der Waals surface area (Å²) >= 11 is 0. The van der Waals surface area contributed by atoms with Gasteiger partial charge in [-0.05, 0) is 12.8 Å². The van der Waals surface area contributed by atoms with Crippen LogP contribution in [-0.2, 0) is 15.0 Å². The van der Waals surface area contributed by atoms with E-state index in [-0.39, 0.29) is 18.5 Å². The Balaban J connectivity index is 2.00. The molecule has 0 aromatic heterocycles. The third kappa shape index (κ3) is 2.23. The molecule has 0 atom stereocenters. The summed E-state index contributed by atoms with van der Waals surface area (Å²) < 4.78 is 27.0. The zero-order valence-electron chi connectivity index (χ0n) is 7.69. The molecule has 2 aliphatic rings. The van der Waals surface area contributed by atoms with Crippen molar-refractivity contribution in [1.29, 1.82) is 0 Å². The molecule has 0 spiro atoms. The van der Waals surface area contributed by atoms with Crippen molar-refractivity contribution in [2.45, 2.75) is 18.9 Å². The summed E-state index contributed by atoms with van der Waals surface area (Å²) in [7, 11) is -3.43. The molecule has 2 N–H and O–H groups in total. The number of nitrogens with zero attached hydrogens (tertiary/aromatic N) is 1. The van der Waals surface area contributed by atoms with Crippen molar-refractivity contribution in [2.24, 2.45) is 0 Å². The van der Waals surface area contributed by atoms with Crippen LogP contribution in [0.4, 0.5) is 0 Å². The predicted octanol–water partition coefficient (Wildman–Crippen LogP) is -1.58. The van der Waals surface area contributed by atoms with Crippen LogP contribution in [0, 0.1) is 0 Å². The van der Waals surface area contributed by atoms with Crippen LogP contribution >= 0.6 is 0 Å². The van der Waals surface area contributed by atoms with E-state index in [1.54, 1.807) is 0 Å². The van der Waals surface area contributed by atoms with Gasteiger partial charge in [-0.1, -0.05) is 0 Å². The first-order valence-electron chi connectivity index (χ1n) is 4.62. The van der Waals surface area contributed by atoms with Crippen LogP contribution in [-0.4, -0.2) is 44.3 Å². The molecule has 0 aromatic carbocycles. The van der Waals surface area contributed by atoms with Gasteiger partial charge in [-0.3, -0.25) is 4.79 Å². The van der Waals surface area contributed by atoms with Gasteiger partial charge in [0.05, 0.1) is 6.54 Å². The smallest absolute Gasteiger partial charge is 0.280 e. The summed E-state index contributed by atoms with van der Waals surface area (Å²) in [6, 6.07) is 0.0880. The molecular formula is C7H13N3O3S. The fraction of sp³-hybridized carbons (Fsp3) is 0.857. The number of piperazine rings is 1. The Bertz CT molecular complexity index is 336. The molecule has 6 nitrogen and oxygen atoms in total. The van der Waals surface area contributed by atoms with E-state index < -0.39 is 10.2 Å². The van der Waals surface area contributed by atoms with Gasteiger partial charge in [-0.2, -0.15) is 17.4 Å². The average Bonchev–Trinajstić information content (AvgIpc) is 2.87. The molecule has 7 heteroatoms. The molecule has 1 heterocycles. The molecule has 2 rings (SSSR count). The Morgan fingerprint density at radius 2 is 2.14 bits per heavy atom. The quantitative estimate of drug-likeness (QED) is 0.601. The van der Waals surface area contributed by atoms with E-state index in [0.29, 0.717) is 13.1 Å². The third-order valence-corrected chi connectivity index (χ3v) is 3.86. The average molecular weight is 219 g/mol. The zero-order chi connectivity index (χ0) is 10.2. The van der Waals surface area contributed by atoms with Crippen molar-refractivity contribution >= 4 is 16.1 Å². The van der Waals surface area contributed by atoms with Gasteiger partial charge in [0.2, 0.25) is 5.91 Å². The summed E-state index contributed by atoms with van der Waals surface area (Å²) in [6.45, 7) is 0.681. The molecule has 1 aliphatic carbocycles. The number of amides is 1. The van der Waals surface area contributed by atoms with Crippen molar-refractivity contribution in [3.8, 4) is 0 Å². The summed E-state index contributed by atoms with van der Waals surface area (Å²) in [6.07, 6.45) is 1.80. The highest BCUT2D eigenvalue weighted by molar-refractivity contribution is 7.87. The molecule has 2 fully saturated rings. The molecule has 80 valence electrons. The maximum Gasteiger partial charge on any atom is 0.280 e. The van der Waals surface area contributed by atoms with Crippen LogP contribution in [0.5, 0.6) is 0 Å². The third-order valence-electron chi connectivity index (χ3n) is 2.24. The molecule has 1 saturated carbocycles. The summed E-state index contributed by atoms with van der Waals surface area (Å²) in [5.74, 6) is -0.238. The highest BCUT2D eigenvalue weighted by Crippen LogP contribution is 2.20. The first-order chi connectivity index (χ1) is 6.58. The molecule has 0 aromatic rings. The fourth-order valence-electron chi connectivity index (χ4n) is 1.31. The van der Waals surface area contributed by atoms with Crippen LogP contribution < -0.4 is 10.0 Å². The minimum atomic E-state index is -3.43. The molecule has 0 unspecified atom stereocenters. The van der Waals surface area contributed by atoms with Crippen LogP contribution in [0.3, 0.4) is 0 Å². The van der Waals surface area contributed by atoms with E-state index >= 15 is 0 Å². The Labute approximate surface area is 82.8 Å². The number of hydrogen-bond donors (Lipinski definition) is 2. The van der Waals surface area contributed by atoms with Crippen LogP contribution in [0.15, 0.2) is 0 Å². The Morgan fingerprint density at radius 1 is 1.43 bits per heavy atom. The van der Waals surface area contributed by atoms with E-state index in [1.165, 1.54) is 4.31 Å². The topological polar surface area (TPSA) is 78.5 Å². The second-order valence-corrected chi connectivity index (χ2v) is 5.28. The highest BCUT2D eigenvalue weighted by Gasteiger charge is 2.33. The fourth-order valence-corrected chi connectivity index (χ4v) is 2.73. The molecule has 1 saturated heterocycles. The van der Waals surface area contributed by atoms with Gasteiger partial charge in [-0.15, -0.1) is 0 Å². The van der Waals surface area contributed by atoms with E-state index in [0.717, 1.165) is 12.8 Å². The maximum absolute atomic E-state index is 11.6. The number of nitrogens with one attached hydrogen (secondary N) is 2. The molecule has 1 amide bonds. The van der Waals surface area contributed by atoms with Crippen molar-refractivity contribution in [1.82, 2.24) is 14.3 Å². The lowest BCUT2D eigenvalue weighted by Gasteiger charge is -2.25. The lowest BCUT2D eigenvalue weighted by molar-refractivity contribution is -0.122. The highest BCUT2D eigenvalue weighted by atomic mass is 32.2. The van der Waals surface area contributed by atoms with Crippen molar-refractivity contribution in [3.63, 3.8) is 0 Å². The van der Waals surface area contributed by atoms with Crippen LogP contribution in [0.2, 0.25) is 0 Å². The first-order valence-corrected chi connectivity index (χ1v) is 6.06. The molecule has 1 aliphatic heterocycles. The van der Waals surface area contributed by atoms with Gasteiger partial charge < -0.3 is 5.32 Å². The minimum Gasteiger partial charge on any atom is -0.354 e. The minimum absolute atomic E-state index is 0.0674. The SMILES string of the molecule is O=C1CN(S(=O)(=O)NC2CC2)CCN1. The van der Waals surface area contributed by atoms with Crippen molar-refractivity contribution in [2.75, 3.05) is 19.6 Å². The number of carbonyl (C=O) groups excluding carboxylic acids is 1. The molecular weight excluding hydrogens is 206 g/mol. The van der Waals surface area contributed by atoms with E-state index in [9.17, 15) is 13.2 Å². The summed E-state index contributed by atoms with van der Waals surface area (Å²) in [4.78, 5) is 11.0. The second-order valence-electron chi connectivity index (χ2n) is 3.58.